The standard InChI is InChI=1S/C21H26N4O2/c1-15-3-4-19-17(11-15)5-9-24(19)10-6-21(27)23-18-12-16(13-20(18)26)14-25-8-2-7-22-25/h2-5,7-9,11,16,18,20,26H,6,10,12-14H2,1H3,(H,23,27)/t16?,18-,20-/m1/s1. The summed E-state index contributed by atoms with van der Waals surface area (Å²) in [7, 11) is 0. The van der Waals surface area contributed by atoms with E-state index < -0.39 is 6.10 Å². The zero-order chi connectivity index (χ0) is 18.8. The lowest BCUT2D eigenvalue weighted by atomic mass is 10.1. The van der Waals surface area contributed by atoms with E-state index in [4.69, 9.17) is 0 Å². The summed E-state index contributed by atoms with van der Waals surface area (Å²) in [6, 6.07) is 10.2. The number of aliphatic hydroxyl groups is 1. The van der Waals surface area contributed by atoms with E-state index in [0.717, 1.165) is 18.5 Å². The zero-order valence-electron chi connectivity index (χ0n) is 15.6. The summed E-state index contributed by atoms with van der Waals surface area (Å²) in [6.07, 6.45) is 7.14. The second-order valence-corrected chi connectivity index (χ2v) is 7.63. The van der Waals surface area contributed by atoms with Crippen LogP contribution in [-0.4, -0.2) is 37.5 Å². The molecule has 0 bridgehead atoms. The highest BCUT2D eigenvalue weighted by molar-refractivity contribution is 5.81. The Bertz CT molecular complexity index is 916. The first kappa shape index (κ1) is 17.8. The summed E-state index contributed by atoms with van der Waals surface area (Å²) in [5.41, 5.74) is 2.38. The number of rotatable bonds is 6. The molecular formula is C21H26N4O2. The number of aromatic nitrogens is 3. The number of fused-ring (bicyclic) bond motifs is 1. The number of amides is 1. The molecule has 0 aliphatic heterocycles. The molecule has 6 nitrogen and oxygen atoms in total. The summed E-state index contributed by atoms with van der Waals surface area (Å²) in [5.74, 6) is 0.328. The predicted molar refractivity (Wildman–Crippen MR) is 104 cm³/mol. The van der Waals surface area contributed by atoms with Gasteiger partial charge in [-0.2, -0.15) is 5.10 Å². The van der Waals surface area contributed by atoms with E-state index in [9.17, 15) is 9.90 Å². The minimum atomic E-state index is -0.482. The van der Waals surface area contributed by atoms with Crippen LogP contribution in [0.2, 0.25) is 0 Å². The molecule has 1 saturated carbocycles. The largest absolute Gasteiger partial charge is 0.391 e. The van der Waals surface area contributed by atoms with Gasteiger partial charge >= 0.3 is 0 Å². The monoisotopic (exact) mass is 366 g/mol. The molecule has 27 heavy (non-hydrogen) atoms. The molecule has 1 fully saturated rings. The first-order valence-electron chi connectivity index (χ1n) is 9.59. The second-order valence-electron chi connectivity index (χ2n) is 7.63. The van der Waals surface area contributed by atoms with Gasteiger partial charge in [0.1, 0.15) is 0 Å². The molecule has 2 N–H and O–H groups in total. The van der Waals surface area contributed by atoms with Crippen molar-refractivity contribution >= 4 is 16.8 Å². The molecule has 2 aromatic heterocycles. The van der Waals surface area contributed by atoms with Gasteiger partial charge in [-0.15, -0.1) is 0 Å². The normalized spacial score (nSPS) is 22.4. The van der Waals surface area contributed by atoms with Gasteiger partial charge < -0.3 is 15.0 Å². The van der Waals surface area contributed by atoms with Crippen LogP contribution in [0.25, 0.3) is 10.9 Å². The Balaban J connectivity index is 1.30. The molecule has 0 spiro atoms. The Kier molecular flexibility index (Phi) is 4.99. The minimum Gasteiger partial charge on any atom is -0.391 e. The van der Waals surface area contributed by atoms with Gasteiger partial charge in [-0.25, -0.2) is 0 Å². The molecule has 1 unspecified atom stereocenters. The maximum Gasteiger partial charge on any atom is 0.222 e. The maximum absolute atomic E-state index is 12.4. The molecule has 0 radical (unpaired) electrons. The van der Waals surface area contributed by atoms with E-state index in [1.807, 2.05) is 23.1 Å². The Morgan fingerprint density at radius 3 is 3.00 bits per heavy atom. The van der Waals surface area contributed by atoms with Gasteiger partial charge in [0, 0.05) is 43.6 Å². The summed E-state index contributed by atoms with van der Waals surface area (Å²) >= 11 is 0. The Morgan fingerprint density at radius 2 is 2.19 bits per heavy atom. The summed E-state index contributed by atoms with van der Waals surface area (Å²) < 4.78 is 4.00. The van der Waals surface area contributed by atoms with Crippen molar-refractivity contribution in [1.29, 1.82) is 0 Å². The lowest BCUT2D eigenvalue weighted by Crippen LogP contribution is -2.40. The number of hydrogen-bond acceptors (Lipinski definition) is 3. The van der Waals surface area contributed by atoms with Crippen molar-refractivity contribution in [3.63, 3.8) is 0 Å². The van der Waals surface area contributed by atoms with Crippen LogP contribution < -0.4 is 5.32 Å². The van der Waals surface area contributed by atoms with Gasteiger partial charge in [-0.3, -0.25) is 9.48 Å². The fraction of sp³-hybridized carbons (Fsp3) is 0.429. The average molecular weight is 366 g/mol. The molecule has 0 saturated heterocycles. The molecule has 6 heteroatoms. The quantitative estimate of drug-likeness (QED) is 0.704. The number of aliphatic hydroxyl groups excluding tert-OH is 1. The molecule has 1 aliphatic rings. The highest BCUT2D eigenvalue weighted by Gasteiger charge is 2.34. The lowest BCUT2D eigenvalue weighted by molar-refractivity contribution is -0.122. The van der Waals surface area contributed by atoms with E-state index in [2.05, 4.69) is 46.2 Å². The number of nitrogens with one attached hydrogen (secondary N) is 1. The van der Waals surface area contributed by atoms with Crippen molar-refractivity contribution in [3.05, 3.63) is 54.5 Å². The fourth-order valence-corrected chi connectivity index (χ4v) is 4.11. The van der Waals surface area contributed by atoms with E-state index >= 15 is 0 Å². The third-order valence-electron chi connectivity index (χ3n) is 5.48. The van der Waals surface area contributed by atoms with Crippen LogP contribution >= 0.6 is 0 Å². The maximum atomic E-state index is 12.4. The van der Waals surface area contributed by atoms with E-state index in [-0.39, 0.29) is 11.9 Å². The molecule has 4 rings (SSSR count). The van der Waals surface area contributed by atoms with Crippen LogP contribution in [0.3, 0.4) is 0 Å². The summed E-state index contributed by atoms with van der Waals surface area (Å²) in [5, 5.41) is 18.8. The van der Waals surface area contributed by atoms with Crippen molar-refractivity contribution in [3.8, 4) is 0 Å². The minimum absolute atomic E-state index is 0.00671. The van der Waals surface area contributed by atoms with Crippen molar-refractivity contribution in [2.24, 2.45) is 5.92 Å². The molecule has 1 aromatic carbocycles. The van der Waals surface area contributed by atoms with Gasteiger partial charge in [0.05, 0.1) is 12.1 Å². The summed E-state index contributed by atoms with van der Waals surface area (Å²) in [4.78, 5) is 12.4. The molecule has 142 valence electrons. The van der Waals surface area contributed by atoms with Crippen LogP contribution in [0.1, 0.15) is 24.8 Å². The van der Waals surface area contributed by atoms with Gasteiger partial charge in [-0.05, 0) is 55.3 Å². The van der Waals surface area contributed by atoms with E-state index in [1.54, 1.807) is 6.20 Å². The number of aryl methyl sites for hydroxylation is 2. The SMILES string of the molecule is Cc1ccc2c(ccn2CCC(=O)N[C@@H]2CC(Cn3cccn3)C[C@H]2O)c1. The molecule has 2 heterocycles. The van der Waals surface area contributed by atoms with Crippen molar-refractivity contribution in [2.45, 2.75) is 51.4 Å². The van der Waals surface area contributed by atoms with E-state index in [1.165, 1.54) is 10.9 Å². The highest BCUT2D eigenvalue weighted by atomic mass is 16.3. The highest BCUT2D eigenvalue weighted by Crippen LogP contribution is 2.27. The van der Waals surface area contributed by atoms with Crippen LogP contribution in [0.4, 0.5) is 0 Å². The van der Waals surface area contributed by atoms with Crippen molar-refractivity contribution in [2.75, 3.05) is 0 Å². The molecule has 3 aromatic rings. The third kappa shape index (κ3) is 4.06. The third-order valence-corrected chi connectivity index (χ3v) is 5.48. The molecule has 1 amide bonds. The average Bonchev–Trinajstić information content (AvgIpc) is 3.35. The van der Waals surface area contributed by atoms with Crippen molar-refractivity contribution < 1.29 is 9.90 Å². The second kappa shape index (κ2) is 7.56. The van der Waals surface area contributed by atoms with Crippen LogP contribution in [0, 0.1) is 12.8 Å². The topological polar surface area (TPSA) is 72.1 Å². The lowest BCUT2D eigenvalue weighted by Gasteiger charge is -2.16. The number of carbonyl (C=O) groups is 1. The number of hydrogen-bond donors (Lipinski definition) is 2. The van der Waals surface area contributed by atoms with Gasteiger partial charge in [-0.1, -0.05) is 11.6 Å². The Labute approximate surface area is 158 Å². The van der Waals surface area contributed by atoms with Gasteiger partial charge in [0.2, 0.25) is 5.91 Å². The first-order valence-corrected chi connectivity index (χ1v) is 9.59. The van der Waals surface area contributed by atoms with Crippen LogP contribution in [0.15, 0.2) is 48.9 Å². The molecule has 3 atom stereocenters. The van der Waals surface area contributed by atoms with E-state index in [0.29, 0.717) is 25.3 Å². The zero-order valence-corrected chi connectivity index (χ0v) is 15.6. The number of nitrogens with zero attached hydrogens (tertiary/aromatic N) is 3. The smallest absolute Gasteiger partial charge is 0.222 e. The molecular weight excluding hydrogens is 340 g/mol. The van der Waals surface area contributed by atoms with Crippen molar-refractivity contribution in [1.82, 2.24) is 19.7 Å². The van der Waals surface area contributed by atoms with Crippen LogP contribution in [0.5, 0.6) is 0 Å². The Morgan fingerprint density at radius 1 is 1.30 bits per heavy atom. The number of benzene rings is 1. The van der Waals surface area contributed by atoms with Crippen LogP contribution in [-0.2, 0) is 17.9 Å². The van der Waals surface area contributed by atoms with Gasteiger partial charge in [0.15, 0.2) is 0 Å². The molecule has 1 aliphatic carbocycles. The fourth-order valence-electron chi connectivity index (χ4n) is 4.11. The Hall–Kier alpha value is -2.60. The summed E-state index contributed by atoms with van der Waals surface area (Å²) in [6.45, 7) is 3.50. The number of carbonyl (C=O) groups excluding carboxylic acids is 1. The van der Waals surface area contributed by atoms with Gasteiger partial charge in [0.25, 0.3) is 0 Å². The first-order chi connectivity index (χ1) is 13.1. The predicted octanol–water partition coefficient (Wildman–Crippen LogP) is 2.49.